The van der Waals surface area contributed by atoms with Crippen molar-refractivity contribution in [2.45, 2.75) is 11.0 Å². The third-order valence-corrected chi connectivity index (χ3v) is 4.14. The van der Waals surface area contributed by atoms with E-state index in [0.717, 1.165) is 35.4 Å². The Morgan fingerprint density at radius 2 is 2.18 bits per heavy atom. The first-order valence-electron chi connectivity index (χ1n) is 5.66. The molecule has 0 amide bonds. The lowest BCUT2D eigenvalue weighted by molar-refractivity contribution is 0.0455. The average Bonchev–Trinajstić information content (AvgIpc) is 2.27. The minimum Gasteiger partial charge on any atom is -0.383 e. The van der Waals surface area contributed by atoms with Crippen molar-refractivity contribution in [3.8, 4) is 0 Å². The Balaban J connectivity index is 1.84. The van der Waals surface area contributed by atoms with Gasteiger partial charge in [-0.05, 0) is 12.1 Å². The number of nitrogen functional groups attached to an aromatic ring is 1. The molecule has 88 valence electrons. The van der Waals surface area contributed by atoms with E-state index in [1.807, 2.05) is 30.0 Å². The molecule has 2 aromatic rings. The van der Waals surface area contributed by atoms with Gasteiger partial charge in [0.05, 0.1) is 24.0 Å². The maximum atomic E-state index is 5.98. The van der Waals surface area contributed by atoms with Crippen molar-refractivity contribution in [1.82, 2.24) is 4.98 Å². The summed E-state index contributed by atoms with van der Waals surface area (Å²) in [5, 5.41) is 1.78. The molecule has 1 aliphatic heterocycles. The number of anilines is 1. The zero-order chi connectivity index (χ0) is 11.7. The minimum absolute atomic E-state index is 0.626. The number of nitrogens with zero attached hydrogens (tertiary/aromatic N) is 1. The normalized spacial score (nSPS) is 16.0. The van der Waals surface area contributed by atoms with Gasteiger partial charge in [0, 0.05) is 16.7 Å². The predicted molar refractivity (Wildman–Crippen MR) is 72.1 cm³/mol. The van der Waals surface area contributed by atoms with Crippen LogP contribution in [0.5, 0.6) is 0 Å². The highest BCUT2D eigenvalue weighted by molar-refractivity contribution is 7.99. The molecule has 0 aliphatic carbocycles. The van der Waals surface area contributed by atoms with E-state index in [-0.39, 0.29) is 0 Å². The summed E-state index contributed by atoms with van der Waals surface area (Å²) in [5.74, 6) is 1.56. The molecule has 4 heteroatoms. The van der Waals surface area contributed by atoms with E-state index in [0.29, 0.717) is 11.1 Å². The summed E-state index contributed by atoms with van der Waals surface area (Å²) in [6, 6.07) is 10.2. The highest BCUT2D eigenvalue weighted by Gasteiger charge is 2.19. The molecular weight excluding hydrogens is 232 g/mol. The Bertz CT molecular complexity index is 540. The molecule has 0 unspecified atom stereocenters. The molecule has 1 aromatic heterocycles. The van der Waals surface area contributed by atoms with Gasteiger partial charge in [0.25, 0.3) is 0 Å². The first-order valence-corrected chi connectivity index (χ1v) is 6.71. The van der Waals surface area contributed by atoms with Crippen LogP contribution in [0.4, 0.5) is 5.82 Å². The summed E-state index contributed by atoms with van der Waals surface area (Å²) in [5.41, 5.74) is 8.07. The van der Waals surface area contributed by atoms with Crippen LogP contribution < -0.4 is 5.73 Å². The summed E-state index contributed by atoms with van der Waals surface area (Å²) in [7, 11) is 0. The number of benzene rings is 1. The Morgan fingerprint density at radius 3 is 2.94 bits per heavy atom. The highest BCUT2D eigenvalue weighted by atomic mass is 32.2. The number of para-hydroxylation sites is 1. The van der Waals surface area contributed by atoms with Crippen LogP contribution in [-0.4, -0.2) is 23.4 Å². The first kappa shape index (κ1) is 10.9. The number of rotatable bonds is 3. The zero-order valence-electron chi connectivity index (χ0n) is 9.43. The van der Waals surface area contributed by atoms with Gasteiger partial charge in [-0.1, -0.05) is 18.2 Å². The Hall–Kier alpha value is -1.26. The van der Waals surface area contributed by atoms with Crippen LogP contribution in [0.1, 0.15) is 5.56 Å². The van der Waals surface area contributed by atoms with Crippen molar-refractivity contribution in [3.05, 3.63) is 35.9 Å². The molecule has 1 aliphatic rings. The summed E-state index contributed by atoms with van der Waals surface area (Å²) < 4.78 is 5.16. The van der Waals surface area contributed by atoms with Gasteiger partial charge in [0.1, 0.15) is 5.82 Å². The second kappa shape index (κ2) is 4.55. The molecule has 17 heavy (non-hydrogen) atoms. The number of pyridine rings is 1. The minimum atomic E-state index is 0.626. The highest BCUT2D eigenvalue weighted by Crippen LogP contribution is 2.27. The maximum Gasteiger partial charge on any atom is 0.128 e. The summed E-state index contributed by atoms with van der Waals surface area (Å²) in [4.78, 5) is 4.43. The van der Waals surface area contributed by atoms with Crippen molar-refractivity contribution >= 4 is 28.5 Å². The predicted octanol–water partition coefficient (Wildman–Crippen LogP) is 2.45. The average molecular weight is 246 g/mol. The smallest absolute Gasteiger partial charge is 0.128 e. The summed E-state index contributed by atoms with van der Waals surface area (Å²) >= 11 is 1.89. The van der Waals surface area contributed by atoms with Crippen molar-refractivity contribution in [1.29, 1.82) is 0 Å². The van der Waals surface area contributed by atoms with Gasteiger partial charge < -0.3 is 10.5 Å². The molecule has 1 aromatic carbocycles. The molecule has 0 bridgehead atoms. The van der Waals surface area contributed by atoms with Gasteiger partial charge in [-0.2, -0.15) is 0 Å². The molecule has 2 heterocycles. The van der Waals surface area contributed by atoms with Crippen LogP contribution >= 0.6 is 11.8 Å². The standard InChI is InChI=1S/C13H14N2OS/c14-13-10(8-17-11-6-16-7-11)5-9-3-1-2-4-12(9)15-13/h1-5,11H,6-8H2,(H2,14,15). The molecule has 0 spiro atoms. The van der Waals surface area contributed by atoms with Crippen molar-refractivity contribution in [2.24, 2.45) is 0 Å². The Labute approximate surface area is 104 Å². The van der Waals surface area contributed by atoms with Crippen LogP contribution in [0.25, 0.3) is 10.9 Å². The fraction of sp³-hybridized carbons (Fsp3) is 0.308. The molecule has 1 fully saturated rings. The quantitative estimate of drug-likeness (QED) is 0.903. The van der Waals surface area contributed by atoms with Gasteiger partial charge in [-0.3, -0.25) is 0 Å². The van der Waals surface area contributed by atoms with E-state index in [2.05, 4.69) is 17.1 Å². The molecule has 0 atom stereocenters. The Kier molecular flexibility index (Phi) is 2.91. The van der Waals surface area contributed by atoms with Crippen LogP contribution in [0.3, 0.4) is 0 Å². The number of aromatic nitrogens is 1. The van der Waals surface area contributed by atoms with E-state index in [1.54, 1.807) is 0 Å². The number of thioether (sulfide) groups is 1. The largest absolute Gasteiger partial charge is 0.383 e. The molecule has 3 nitrogen and oxygen atoms in total. The molecule has 3 rings (SSSR count). The monoisotopic (exact) mass is 246 g/mol. The molecular formula is C13H14N2OS. The van der Waals surface area contributed by atoms with Crippen LogP contribution in [0.2, 0.25) is 0 Å². The summed E-state index contributed by atoms with van der Waals surface area (Å²) in [6.07, 6.45) is 0. The molecule has 0 radical (unpaired) electrons. The van der Waals surface area contributed by atoms with Gasteiger partial charge >= 0.3 is 0 Å². The van der Waals surface area contributed by atoms with E-state index < -0.39 is 0 Å². The van der Waals surface area contributed by atoms with Gasteiger partial charge in [-0.15, -0.1) is 11.8 Å². The number of fused-ring (bicyclic) bond motifs is 1. The third-order valence-electron chi connectivity index (χ3n) is 2.92. The van der Waals surface area contributed by atoms with E-state index in [4.69, 9.17) is 10.5 Å². The fourth-order valence-corrected chi connectivity index (χ4v) is 2.84. The maximum absolute atomic E-state index is 5.98. The van der Waals surface area contributed by atoms with Crippen LogP contribution in [0.15, 0.2) is 30.3 Å². The fourth-order valence-electron chi connectivity index (χ4n) is 1.81. The topological polar surface area (TPSA) is 48.1 Å². The van der Waals surface area contributed by atoms with Crippen molar-refractivity contribution in [3.63, 3.8) is 0 Å². The second-order valence-electron chi connectivity index (χ2n) is 4.20. The van der Waals surface area contributed by atoms with E-state index in [9.17, 15) is 0 Å². The lowest BCUT2D eigenvalue weighted by atomic mass is 10.1. The lowest BCUT2D eigenvalue weighted by Crippen LogP contribution is -2.30. The van der Waals surface area contributed by atoms with Crippen molar-refractivity contribution in [2.75, 3.05) is 18.9 Å². The molecule has 0 saturated carbocycles. The molecule has 2 N–H and O–H groups in total. The van der Waals surface area contributed by atoms with Crippen LogP contribution in [-0.2, 0) is 10.5 Å². The van der Waals surface area contributed by atoms with E-state index in [1.165, 1.54) is 0 Å². The number of nitrogens with two attached hydrogens (primary N) is 1. The third kappa shape index (κ3) is 2.23. The lowest BCUT2D eigenvalue weighted by Gasteiger charge is -2.25. The van der Waals surface area contributed by atoms with Crippen LogP contribution in [0, 0.1) is 0 Å². The van der Waals surface area contributed by atoms with Gasteiger partial charge in [0.2, 0.25) is 0 Å². The first-order chi connectivity index (χ1) is 8.33. The number of hydrogen-bond acceptors (Lipinski definition) is 4. The zero-order valence-corrected chi connectivity index (χ0v) is 10.2. The van der Waals surface area contributed by atoms with Gasteiger partial charge in [-0.25, -0.2) is 4.98 Å². The van der Waals surface area contributed by atoms with E-state index >= 15 is 0 Å². The van der Waals surface area contributed by atoms with Gasteiger partial charge in [0.15, 0.2) is 0 Å². The summed E-state index contributed by atoms with van der Waals surface area (Å²) in [6.45, 7) is 1.73. The number of ether oxygens (including phenoxy) is 1. The molecule has 1 saturated heterocycles. The second-order valence-corrected chi connectivity index (χ2v) is 5.48. The Morgan fingerprint density at radius 1 is 1.35 bits per heavy atom. The van der Waals surface area contributed by atoms with Crippen molar-refractivity contribution < 1.29 is 4.74 Å². The SMILES string of the molecule is Nc1nc2ccccc2cc1CSC1COC1. The number of hydrogen-bond donors (Lipinski definition) is 1.